The second-order valence-electron chi connectivity index (χ2n) is 4.79. The van der Waals surface area contributed by atoms with Crippen molar-refractivity contribution in [3.8, 4) is 0 Å². The molecule has 0 aromatic heterocycles. The van der Waals surface area contributed by atoms with Gasteiger partial charge in [0, 0.05) is 23.3 Å². The third kappa shape index (κ3) is 2.89. The van der Waals surface area contributed by atoms with Crippen LogP contribution in [0.4, 0.5) is 5.69 Å². The Morgan fingerprint density at radius 2 is 2.00 bits per heavy atom. The van der Waals surface area contributed by atoms with Crippen LogP contribution in [0.1, 0.15) is 13.3 Å². The molecule has 1 fully saturated rings. The smallest absolute Gasteiger partial charge is 0.0407 e. The molecule has 0 saturated carbocycles. The molecule has 88 valence electrons. The number of nitrogens with one attached hydrogen (secondary N) is 1. The molecule has 2 unspecified atom stereocenters. The maximum absolute atomic E-state index is 5.87. The monoisotopic (exact) mass is 238 g/mol. The summed E-state index contributed by atoms with van der Waals surface area (Å²) >= 11 is 5.87. The van der Waals surface area contributed by atoms with Crippen molar-refractivity contribution in [2.75, 3.05) is 25.5 Å². The molecule has 2 rings (SSSR count). The summed E-state index contributed by atoms with van der Waals surface area (Å²) in [6, 6.07) is 8.55. The Kier molecular flexibility index (Phi) is 3.72. The van der Waals surface area contributed by atoms with Gasteiger partial charge in [-0.05, 0) is 50.2 Å². The van der Waals surface area contributed by atoms with Gasteiger partial charge in [-0.15, -0.1) is 0 Å². The molecule has 1 aliphatic rings. The van der Waals surface area contributed by atoms with Gasteiger partial charge >= 0.3 is 0 Å². The molecule has 16 heavy (non-hydrogen) atoms. The second kappa shape index (κ2) is 5.07. The van der Waals surface area contributed by atoms with Crippen LogP contribution in [0.25, 0.3) is 0 Å². The van der Waals surface area contributed by atoms with E-state index in [4.69, 9.17) is 11.6 Å². The van der Waals surface area contributed by atoms with E-state index in [1.807, 2.05) is 24.3 Å². The summed E-state index contributed by atoms with van der Waals surface area (Å²) in [7, 11) is 2.19. The molecule has 1 aliphatic heterocycles. The van der Waals surface area contributed by atoms with Crippen molar-refractivity contribution in [2.24, 2.45) is 5.92 Å². The molecule has 0 radical (unpaired) electrons. The maximum Gasteiger partial charge on any atom is 0.0407 e. The number of benzene rings is 1. The Hall–Kier alpha value is -0.730. The molecule has 0 spiro atoms. The predicted molar refractivity (Wildman–Crippen MR) is 70.1 cm³/mol. The Morgan fingerprint density at radius 3 is 2.62 bits per heavy atom. The molecule has 0 aliphatic carbocycles. The molecule has 3 heteroatoms. The van der Waals surface area contributed by atoms with Gasteiger partial charge in [0.1, 0.15) is 0 Å². The van der Waals surface area contributed by atoms with Crippen molar-refractivity contribution in [1.82, 2.24) is 4.90 Å². The minimum atomic E-state index is 0.581. The fourth-order valence-corrected chi connectivity index (χ4v) is 2.45. The largest absolute Gasteiger partial charge is 0.382 e. The highest BCUT2D eigenvalue weighted by Gasteiger charge is 2.23. The van der Waals surface area contributed by atoms with E-state index in [0.717, 1.165) is 5.02 Å². The van der Waals surface area contributed by atoms with Gasteiger partial charge in [0.05, 0.1) is 0 Å². The van der Waals surface area contributed by atoms with Gasteiger partial charge in [-0.2, -0.15) is 0 Å². The van der Waals surface area contributed by atoms with Crippen LogP contribution in [-0.2, 0) is 0 Å². The normalized spacial score (nSPS) is 26.7. The number of anilines is 1. The molecule has 1 N–H and O–H groups in total. The number of rotatable bonds is 2. The molecule has 1 aromatic rings. The van der Waals surface area contributed by atoms with Crippen LogP contribution in [0.3, 0.4) is 0 Å². The van der Waals surface area contributed by atoms with Crippen molar-refractivity contribution in [1.29, 1.82) is 0 Å². The Bertz CT molecular complexity index is 336. The summed E-state index contributed by atoms with van der Waals surface area (Å²) in [5, 5.41) is 4.39. The minimum absolute atomic E-state index is 0.581. The third-order valence-electron chi connectivity index (χ3n) is 3.30. The van der Waals surface area contributed by atoms with Crippen molar-refractivity contribution in [3.05, 3.63) is 29.3 Å². The number of likely N-dealkylation sites (tertiary alicyclic amines) is 1. The van der Waals surface area contributed by atoms with Crippen LogP contribution in [0.5, 0.6) is 0 Å². The van der Waals surface area contributed by atoms with E-state index in [1.54, 1.807) is 0 Å². The number of hydrogen-bond acceptors (Lipinski definition) is 2. The average Bonchev–Trinajstić information content (AvgIpc) is 2.25. The van der Waals surface area contributed by atoms with E-state index < -0.39 is 0 Å². The van der Waals surface area contributed by atoms with E-state index in [0.29, 0.717) is 12.0 Å². The van der Waals surface area contributed by atoms with Crippen molar-refractivity contribution in [3.63, 3.8) is 0 Å². The zero-order valence-electron chi connectivity index (χ0n) is 9.91. The maximum atomic E-state index is 5.87. The zero-order chi connectivity index (χ0) is 11.5. The molecule has 0 bridgehead atoms. The summed E-state index contributed by atoms with van der Waals surface area (Å²) in [5.74, 6) is 0.689. The van der Waals surface area contributed by atoms with Crippen LogP contribution >= 0.6 is 11.6 Å². The van der Waals surface area contributed by atoms with Crippen LogP contribution < -0.4 is 5.32 Å². The van der Waals surface area contributed by atoms with Crippen molar-refractivity contribution in [2.45, 2.75) is 19.4 Å². The van der Waals surface area contributed by atoms with Crippen molar-refractivity contribution >= 4 is 17.3 Å². The molecule has 1 saturated heterocycles. The Labute approximate surface area is 103 Å². The number of halogens is 1. The fraction of sp³-hybridized carbons (Fsp3) is 0.538. The zero-order valence-corrected chi connectivity index (χ0v) is 10.7. The minimum Gasteiger partial charge on any atom is -0.382 e. The summed E-state index contributed by atoms with van der Waals surface area (Å²) < 4.78 is 0. The first-order chi connectivity index (χ1) is 7.65. The number of hydrogen-bond donors (Lipinski definition) is 1. The topological polar surface area (TPSA) is 15.3 Å². The molecule has 1 heterocycles. The first-order valence-corrected chi connectivity index (χ1v) is 6.23. The quantitative estimate of drug-likeness (QED) is 0.852. The lowest BCUT2D eigenvalue weighted by Gasteiger charge is -2.35. The third-order valence-corrected chi connectivity index (χ3v) is 3.56. The summed E-state index contributed by atoms with van der Waals surface area (Å²) in [4.78, 5) is 2.39. The summed E-state index contributed by atoms with van der Waals surface area (Å²) in [5.41, 5.74) is 1.17. The van der Waals surface area contributed by atoms with Gasteiger partial charge in [0.15, 0.2) is 0 Å². The molecule has 2 atom stereocenters. The van der Waals surface area contributed by atoms with Crippen LogP contribution in [-0.4, -0.2) is 31.1 Å². The predicted octanol–water partition coefficient (Wildman–Crippen LogP) is 3.09. The van der Waals surface area contributed by atoms with E-state index in [2.05, 4.69) is 24.2 Å². The molecule has 2 nitrogen and oxygen atoms in total. The highest BCUT2D eigenvalue weighted by atomic mass is 35.5. The van der Waals surface area contributed by atoms with Gasteiger partial charge in [-0.1, -0.05) is 18.5 Å². The Balaban J connectivity index is 1.96. The standard InChI is InChI=1S/C13H19ClN2/c1-10-9-16(2)8-7-13(10)15-12-5-3-11(14)4-6-12/h3-6,10,13,15H,7-9H2,1-2H3. The van der Waals surface area contributed by atoms with Crippen LogP contribution in [0, 0.1) is 5.92 Å². The summed E-state index contributed by atoms with van der Waals surface area (Å²) in [6.45, 7) is 4.66. The van der Waals surface area contributed by atoms with Gasteiger partial charge in [-0.25, -0.2) is 0 Å². The first-order valence-electron chi connectivity index (χ1n) is 5.86. The van der Waals surface area contributed by atoms with Gasteiger partial charge < -0.3 is 10.2 Å². The van der Waals surface area contributed by atoms with E-state index in [1.165, 1.54) is 25.2 Å². The summed E-state index contributed by atoms with van der Waals surface area (Å²) in [6.07, 6.45) is 1.21. The van der Waals surface area contributed by atoms with Crippen molar-refractivity contribution < 1.29 is 0 Å². The Morgan fingerprint density at radius 1 is 1.31 bits per heavy atom. The SMILES string of the molecule is CC1CN(C)CCC1Nc1ccc(Cl)cc1. The molecule has 0 amide bonds. The van der Waals surface area contributed by atoms with Gasteiger partial charge in [0.2, 0.25) is 0 Å². The van der Waals surface area contributed by atoms with Gasteiger partial charge in [-0.3, -0.25) is 0 Å². The van der Waals surface area contributed by atoms with Gasteiger partial charge in [0.25, 0.3) is 0 Å². The van der Waals surface area contributed by atoms with E-state index in [9.17, 15) is 0 Å². The van der Waals surface area contributed by atoms with E-state index >= 15 is 0 Å². The van der Waals surface area contributed by atoms with Crippen LogP contribution in [0.2, 0.25) is 5.02 Å². The lowest BCUT2D eigenvalue weighted by atomic mass is 9.94. The number of piperidine rings is 1. The molecule has 1 aromatic carbocycles. The highest BCUT2D eigenvalue weighted by molar-refractivity contribution is 6.30. The molecular weight excluding hydrogens is 220 g/mol. The molecular formula is C13H19ClN2. The number of nitrogens with zero attached hydrogens (tertiary/aromatic N) is 1. The lowest BCUT2D eigenvalue weighted by Crippen LogP contribution is -2.43. The van der Waals surface area contributed by atoms with Crippen LogP contribution in [0.15, 0.2) is 24.3 Å². The average molecular weight is 239 g/mol. The van der Waals surface area contributed by atoms with E-state index in [-0.39, 0.29) is 0 Å². The first kappa shape index (κ1) is 11.7. The lowest BCUT2D eigenvalue weighted by molar-refractivity contribution is 0.206. The fourth-order valence-electron chi connectivity index (χ4n) is 2.33. The second-order valence-corrected chi connectivity index (χ2v) is 5.22. The highest BCUT2D eigenvalue weighted by Crippen LogP contribution is 2.21.